The summed E-state index contributed by atoms with van der Waals surface area (Å²) in [6.45, 7) is 0.988. The number of benzene rings is 1. The lowest BCUT2D eigenvalue weighted by molar-refractivity contribution is -0.136. The summed E-state index contributed by atoms with van der Waals surface area (Å²) in [5, 5.41) is 4.30. The zero-order chi connectivity index (χ0) is 24.9. The molecule has 6 rings (SSSR count). The van der Waals surface area contributed by atoms with Gasteiger partial charge in [0, 0.05) is 66.6 Å². The summed E-state index contributed by atoms with van der Waals surface area (Å²) in [4.78, 5) is 40.1. The van der Waals surface area contributed by atoms with Crippen molar-refractivity contribution in [3.63, 3.8) is 0 Å². The highest BCUT2D eigenvalue weighted by Crippen LogP contribution is 2.43. The quantitative estimate of drug-likeness (QED) is 0.411. The molecule has 0 bridgehead atoms. The number of carbonyl (C=O) groups excluding carboxylic acids is 2. The van der Waals surface area contributed by atoms with Crippen molar-refractivity contribution >= 4 is 52.1 Å². The number of amides is 2. The van der Waals surface area contributed by atoms with Crippen LogP contribution in [0.15, 0.2) is 55.2 Å². The average molecular weight is 523 g/mol. The van der Waals surface area contributed by atoms with Crippen molar-refractivity contribution < 1.29 is 14.3 Å². The van der Waals surface area contributed by atoms with Gasteiger partial charge >= 0.3 is 6.09 Å². The Morgan fingerprint density at radius 3 is 2.78 bits per heavy atom. The third-order valence-electron chi connectivity index (χ3n) is 6.82. The second kappa shape index (κ2) is 8.76. The van der Waals surface area contributed by atoms with Gasteiger partial charge in [-0.05, 0) is 18.2 Å². The van der Waals surface area contributed by atoms with E-state index >= 15 is 0 Å². The molecule has 1 fully saturated rings. The first-order chi connectivity index (χ1) is 17.4. The number of hydrogen-bond donors (Lipinski definition) is 1. The Balaban J connectivity index is 1.25. The highest BCUT2D eigenvalue weighted by atomic mass is 35.5. The third kappa shape index (κ3) is 3.75. The molecule has 2 amide bonds. The number of fused-ring (bicyclic) bond motifs is 3. The lowest BCUT2D eigenvalue weighted by atomic mass is 9.83. The monoisotopic (exact) mass is 522 g/mol. The van der Waals surface area contributed by atoms with Crippen molar-refractivity contribution in [2.45, 2.75) is 25.0 Å². The molecule has 0 unspecified atom stereocenters. The Kier molecular flexibility index (Phi) is 5.54. The first-order valence-electron chi connectivity index (χ1n) is 11.4. The number of aromatic nitrogens is 4. The molecule has 3 aromatic heterocycles. The predicted molar refractivity (Wildman–Crippen MR) is 135 cm³/mol. The second-order valence-corrected chi connectivity index (χ2v) is 9.61. The number of nitrogens with zero attached hydrogens (tertiary/aromatic N) is 5. The van der Waals surface area contributed by atoms with Crippen LogP contribution in [-0.2, 0) is 21.7 Å². The van der Waals surface area contributed by atoms with E-state index in [0.717, 1.165) is 22.1 Å². The van der Waals surface area contributed by atoms with E-state index in [9.17, 15) is 9.59 Å². The van der Waals surface area contributed by atoms with Crippen LogP contribution in [0.4, 0.5) is 10.6 Å². The highest BCUT2D eigenvalue weighted by Gasteiger charge is 2.45. The zero-order valence-corrected chi connectivity index (χ0v) is 20.5. The van der Waals surface area contributed by atoms with Gasteiger partial charge in [0.2, 0.25) is 5.91 Å². The van der Waals surface area contributed by atoms with E-state index in [2.05, 4.69) is 20.3 Å². The van der Waals surface area contributed by atoms with Crippen LogP contribution in [0.1, 0.15) is 18.4 Å². The fourth-order valence-electron chi connectivity index (χ4n) is 5.04. The van der Waals surface area contributed by atoms with E-state index in [1.807, 2.05) is 30.5 Å². The van der Waals surface area contributed by atoms with Crippen LogP contribution < -0.4 is 5.32 Å². The fourth-order valence-corrected chi connectivity index (χ4v) is 5.44. The molecule has 4 aromatic rings. The summed E-state index contributed by atoms with van der Waals surface area (Å²) < 4.78 is 7.55. The van der Waals surface area contributed by atoms with Gasteiger partial charge in [-0.25, -0.2) is 19.7 Å². The maximum Gasteiger partial charge on any atom is 0.413 e. The zero-order valence-electron chi connectivity index (χ0n) is 18.9. The Labute approximate surface area is 216 Å². The molecule has 2 aliphatic rings. The van der Waals surface area contributed by atoms with Crippen LogP contribution in [0.5, 0.6) is 0 Å². The van der Waals surface area contributed by atoms with Gasteiger partial charge in [-0.15, -0.1) is 0 Å². The molecule has 2 aliphatic heterocycles. The Hall–Kier alpha value is -3.69. The van der Waals surface area contributed by atoms with Gasteiger partial charge in [0.15, 0.2) is 0 Å². The minimum atomic E-state index is -0.785. The summed E-state index contributed by atoms with van der Waals surface area (Å²) >= 11 is 12.7. The van der Waals surface area contributed by atoms with Crippen molar-refractivity contribution in [2.75, 3.05) is 18.4 Å². The summed E-state index contributed by atoms with van der Waals surface area (Å²) in [6, 6.07) is 9.16. The van der Waals surface area contributed by atoms with Gasteiger partial charge in [0.1, 0.15) is 29.9 Å². The van der Waals surface area contributed by atoms with Crippen molar-refractivity contribution in [1.29, 1.82) is 0 Å². The minimum Gasteiger partial charge on any atom is -0.437 e. The molecule has 0 radical (unpaired) electrons. The van der Waals surface area contributed by atoms with Crippen molar-refractivity contribution in [2.24, 2.45) is 0 Å². The summed E-state index contributed by atoms with van der Waals surface area (Å²) in [5.41, 5.74) is 2.23. The van der Waals surface area contributed by atoms with Gasteiger partial charge in [0.05, 0.1) is 10.0 Å². The van der Waals surface area contributed by atoms with Gasteiger partial charge in [-0.2, -0.15) is 0 Å². The molecule has 1 N–H and O–H groups in total. The second-order valence-electron chi connectivity index (χ2n) is 8.82. The topological polar surface area (TPSA) is 102 Å². The van der Waals surface area contributed by atoms with Gasteiger partial charge in [-0.1, -0.05) is 35.3 Å². The molecule has 1 spiro atoms. The van der Waals surface area contributed by atoms with Crippen LogP contribution in [0.3, 0.4) is 0 Å². The van der Waals surface area contributed by atoms with Crippen molar-refractivity contribution in [3.8, 4) is 11.1 Å². The number of pyridine rings is 1. The maximum absolute atomic E-state index is 13.3. The number of nitrogens with one attached hydrogen (secondary N) is 1. The fraction of sp³-hybridized carbons (Fsp3) is 0.240. The molecule has 36 heavy (non-hydrogen) atoms. The van der Waals surface area contributed by atoms with Crippen LogP contribution in [0.2, 0.25) is 10.0 Å². The van der Waals surface area contributed by atoms with Crippen LogP contribution in [0, 0.1) is 0 Å². The summed E-state index contributed by atoms with van der Waals surface area (Å²) in [5.74, 6) is 0.454. The average Bonchev–Trinajstić information content (AvgIpc) is 3.24. The molecule has 9 nitrogen and oxygen atoms in total. The van der Waals surface area contributed by atoms with Gasteiger partial charge in [-0.3, -0.25) is 10.1 Å². The Morgan fingerprint density at radius 1 is 1.11 bits per heavy atom. The molecule has 11 heteroatoms. The molecular weight excluding hydrogens is 503 g/mol. The maximum atomic E-state index is 13.3. The lowest BCUT2D eigenvalue weighted by Crippen LogP contribution is -2.50. The molecule has 0 saturated carbocycles. The van der Waals surface area contributed by atoms with Crippen LogP contribution >= 0.6 is 23.2 Å². The number of anilines is 1. The molecule has 1 saturated heterocycles. The standard InChI is InChI=1S/C25H20Cl2N6O3/c26-19-5-1-3-15(21(19)27)17-12-33(23-16(17)11-28-14-30-23)13-20(34)32-9-6-25(7-10-32)18-4-2-8-29-22(18)31-24(35)36-25/h1-5,8,11-12,14H,6-7,9-10,13H2,(H,29,31,35). The highest BCUT2D eigenvalue weighted by molar-refractivity contribution is 6.44. The molecule has 182 valence electrons. The van der Waals surface area contributed by atoms with E-state index in [4.69, 9.17) is 27.9 Å². The SMILES string of the molecule is O=C1Nc2ncccc2C2(CCN(C(=O)Cn3cc(-c4cccc(Cl)c4Cl)c4cncnc43)CC2)O1. The molecular formula is C25H20Cl2N6O3. The predicted octanol–water partition coefficient (Wildman–Crippen LogP) is 4.88. The molecule has 1 aromatic carbocycles. The summed E-state index contributed by atoms with van der Waals surface area (Å²) in [7, 11) is 0. The first kappa shape index (κ1) is 22.8. The first-order valence-corrected chi connectivity index (χ1v) is 12.2. The van der Waals surface area contributed by atoms with E-state index in [-0.39, 0.29) is 12.5 Å². The van der Waals surface area contributed by atoms with E-state index in [1.54, 1.807) is 27.9 Å². The number of likely N-dealkylation sites (tertiary alicyclic amines) is 1. The number of hydrogen-bond acceptors (Lipinski definition) is 6. The molecule has 5 heterocycles. The molecule has 0 aliphatic carbocycles. The van der Waals surface area contributed by atoms with Gasteiger partial charge < -0.3 is 14.2 Å². The van der Waals surface area contributed by atoms with E-state index < -0.39 is 11.7 Å². The van der Waals surface area contributed by atoms with E-state index in [1.165, 1.54) is 6.33 Å². The number of ether oxygens (including phenoxy) is 1. The smallest absolute Gasteiger partial charge is 0.413 e. The third-order valence-corrected chi connectivity index (χ3v) is 7.64. The van der Waals surface area contributed by atoms with Crippen molar-refractivity contribution in [3.05, 3.63) is 70.9 Å². The Morgan fingerprint density at radius 2 is 1.94 bits per heavy atom. The minimum absolute atomic E-state index is 0.0595. The van der Waals surface area contributed by atoms with E-state index in [0.29, 0.717) is 47.4 Å². The van der Waals surface area contributed by atoms with Crippen molar-refractivity contribution in [1.82, 2.24) is 24.4 Å². The number of halogens is 2. The Bertz CT molecular complexity index is 1510. The normalized spacial score (nSPS) is 16.5. The largest absolute Gasteiger partial charge is 0.437 e. The van der Waals surface area contributed by atoms with Crippen LogP contribution in [0.25, 0.3) is 22.2 Å². The lowest BCUT2D eigenvalue weighted by Gasteiger charge is -2.43. The van der Waals surface area contributed by atoms with Crippen LogP contribution in [-0.4, -0.2) is 49.5 Å². The summed E-state index contributed by atoms with van der Waals surface area (Å²) in [6.07, 6.45) is 7.10. The number of rotatable bonds is 3. The van der Waals surface area contributed by atoms with Gasteiger partial charge in [0.25, 0.3) is 0 Å². The molecule has 0 atom stereocenters. The number of carbonyl (C=O) groups is 2. The number of piperidine rings is 1.